The monoisotopic (exact) mass is 233 g/mol. The lowest BCUT2D eigenvalue weighted by Gasteiger charge is -2.13. The van der Waals surface area contributed by atoms with Crippen molar-refractivity contribution in [1.29, 1.82) is 0 Å². The normalized spacial score (nSPS) is 17.2. The number of anilines is 1. The molecule has 90 valence electrons. The maximum atomic E-state index is 11.4. The molecule has 0 saturated heterocycles. The molecule has 1 fully saturated rings. The highest BCUT2D eigenvalue weighted by Crippen LogP contribution is 2.33. The van der Waals surface area contributed by atoms with E-state index < -0.39 is 0 Å². The van der Waals surface area contributed by atoms with E-state index in [1.165, 1.54) is 23.8 Å². The maximum absolute atomic E-state index is 11.4. The van der Waals surface area contributed by atoms with Gasteiger partial charge in [-0.3, -0.25) is 0 Å². The third-order valence-electron chi connectivity index (χ3n) is 3.05. The first kappa shape index (κ1) is 10.3. The fraction of sp³-hybridized carbons (Fsp3) is 0.545. The second-order valence-electron chi connectivity index (χ2n) is 4.74. The molecule has 0 spiro atoms. The Labute approximate surface area is 98.0 Å². The van der Waals surface area contributed by atoms with E-state index in [9.17, 15) is 4.79 Å². The molecule has 6 nitrogen and oxygen atoms in total. The summed E-state index contributed by atoms with van der Waals surface area (Å²) in [6.07, 6.45) is 3.86. The zero-order chi connectivity index (χ0) is 11.8. The third kappa shape index (κ3) is 2.15. The molecule has 1 saturated carbocycles. The number of rotatable bonds is 4. The average molecular weight is 233 g/mol. The number of hydrogen-bond acceptors (Lipinski definition) is 4. The fourth-order valence-corrected chi connectivity index (χ4v) is 2.04. The second-order valence-corrected chi connectivity index (χ2v) is 4.74. The van der Waals surface area contributed by atoms with E-state index in [-0.39, 0.29) is 5.69 Å². The van der Waals surface area contributed by atoms with Crippen LogP contribution in [-0.2, 0) is 0 Å². The molecule has 0 aliphatic heterocycles. The maximum Gasteiger partial charge on any atom is 0.364 e. The first-order valence-electron chi connectivity index (χ1n) is 5.93. The van der Waals surface area contributed by atoms with Gasteiger partial charge >= 0.3 is 5.69 Å². The van der Waals surface area contributed by atoms with Crippen LogP contribution in [0.5, 0.6) is 0 Å². The van der Waals surface area contributed by atoms with Gasteiger partial charge in [-0.25, -0.2) is 9.89 Å². The smallest absolute Gasteiger partial charge is 0.364 e. The first-order valence-corrected chi connectivity index (χ1v) is 5.93. The van der Waals surface area contributed by atoms with Crippen molar-refractivity contribution >= 4 is 11.5 Å². The Balaban J connectivity index is 1.79. The van der Waals surface area contributed by atoms with Gasteiger partial charge in [-0.05, 0) is 31.4 Å². The van der Waals surface area contributed by atoms with Gasteiger partial charge < -0.3 is 5.32 Å². The highest BCUT2D eigenvalue weighted by atomic mass is 16.2. The number of aromatic amines is 1. The summed E-state index contributed by atoms with van der Waals surface area (Å²) in [7, 11) is 0. The van der Waals surface area contributed by atoms with Crippen molar-refractivity contribution in [3.8, 4) is 0 Å². The molecule has 3 rings (SSSR count). The molecule has 0 aromatic carbocycles. The number of nitrogens with one attached hydrogen (secondary N) is 2. The molecule has 1 aliphatic carbocycles. The number of hydrogen-bond donors (Lipinski definition) is 2. The summed E-state index contributed by atoms with van der Waals surface area (Å²) in [6.45, 7) is 2.14. The third-order valence-corrected chi connectivity index (χ3v) is 3.05. The predicted molar refractivity (Wildman–Crippen MR) is 64.0 cm³/mol. The van der Waals surface area contributed by atoms with Crippen LogP contribution in [0.15, 0.2) is 16.9 Å². The summed E-state index contributed by atoms with van der Waals surface area (Å²) < 4.78 is 1.27. The molecule has 1 unspecified atom stereocenters. The molecule has 2 heterocycles. The molecule has 17 heavy (non-hydrogen) atoms. The van der Waals surface area contributed by atoms with Gasteiger partial charge in [0.2, 0.25) is 0 Å². The van der Waals surface area contributed by atoms with Gasteiger partial charge in [-0.15, -0.1) is 5.10 Å². The Morgan fingerprint density at radius 3 is 3.18 bits per heavy atom. The zero-order valence-electron chi connectivity index (χ0n) is 9.68. The van der Waals surface area contributed by atoms with Crippen molar-refractivity contribution in [1.82, 2.24) is 19.8 Å². The van der Waals surface area contributed by atoms with Crippen molar-refractivity contribution < 1.29 is 0 Å². The minimum Gasteiger partial charge on any atom is -0.366 e. The van der Waals surface area contributed by atoms with Crippen molar-refractivity contribution in [3.63, 3.8) is 0 Å². The highest BCUT2D eigenvalue weighted by molar-refractivity contribution is 5.43. The average Bonchev–Trinajstić information content (AvgIpc) is 3.03. The van der Waals surface area contributed by atoms with Gasteiger partial charge in [0.15, 0.2) is 5.65 Å². The Kier molecular flexibility index (Phi) is 2.35. The quantitative estimate of drug-likeness (QED) is 0.826. The van der Waals surface area contributed by atoms with Crippen molar-refractivity contribution in [3.05, 3.63) is 22.6 Å². The Hall–Kier alpha value is -1.85. The van der Waals surface area contributed by atoms with Crippen LogP contribution in [-0.4, -0.2) is 25.9 Å². The molecule has 1 atom stereocenters. The van der Waals surface area contributed by atoms with Crippen molar-refractivity contribution in [2.45, 2.75) is 32.2 Å². The van der Waals surface area contributed by atoms with Crippen molar-refractivity contribution in [2.75, 3.05) is 5.32 Å². The molecule has 0 bridgehead atoms. The number of H-pyrrole nitrogens is 1. The van der Waals surface area contributed by atoms with Crippen LogP contribution in [0.2, 0.25) is 0 Å². The van der Waals surface area contributed by atoms with E-state index in [4.69, 9.17) is 0 Å². The predicted octanol–water partition coefficient (Wildman–Crippen LogP) is 1.02. The van der Waals surface area contributed by atoms with Crippen LogP contribution in [0.3, 0.4) is 0 Å². The van der Waals surface area contributed by atoms with Crippen LogP contribution in [0, 0.1) is 5.92 Å². The second kappa shape index (κ2) is 3.87. The summed E-state index contributed by atoms with van der Waals surface area (Å²) in [4.78, 5) is 11.4. The van der Waals surface area contributed by atoms with Crippen LogP contribution in [0.25, 0.3) is 5.65 Å². The summed E-state index contributed by atoms with van der Waals surface area (Å²) in [5, 5.41) is 13.7. The van der Waals surface area contributed by atoms with Crippen LogP contribution < -0.4 is 11.0 Å². The lowest BCUT2D eigenvalue weighted by molar-refractivity contribution is 0.637. The molecule has 1 aliphatic rings. The first-order chi connectivity index (χ1) is 8.22. The molecule has 2 aromatic rings. The van der Waals surface area contributed by atoms with E-state index in [2.05, 4.69) is 27.5 Å². The van der Waals surface area contributed by atoms with Crippen LogP contribution in [0.1, 0.15) is 26.2 Å². The van der Waals surface area contributed by atoms with Crippen molar-refractivity contribution in [2.24, 2.45) is 5.92 Å². The van der Waals surface area contributed by atoms with Gasteiger partial charge in [0, 0.05) is 6.04 Å². The van der Waals surface area contributed by atoms with E-state index in [0.29, 0.717) is 17.5 Å². The van der Waals surface area contributed by atoms with Gasteiger partial charge in [0.25, 0.3) is 0 Å². The summed E-state index contributed by atoms with van der Waals surface area (Å²) >= 11 is 0. The molecular formula is C11H15N5O. The summed E-state index contributed by atoms with van der Waals surface area (Å²) in [5.74, 6) is 1.59. The standard InChI is InChI=1S/C11H15N5O/c1-7(6-8-2-3-8)12-9-4-5-10-13-14-11(17)16(10)15-9/h4-5,7-8H,2-3,6H2,1H3,(H,12,15)(H,14,17). The summed E-state index contributed by atoms with van der Waals surface area (Å²) in [5.41, 5.74) is 0.230. The molecular weight excluding hydrogens is 218 g/mol. The molecule has 0 radical (unpaired) electrons. The van der Waals surface area contributed by atoms with Crippen LogP contribution >= 0.6 is 0 Å². The molecule has 2 N–H and O–H groups in total. The van der Waals surface area contributed by atoms with Gasteiger partial charge in [0.05, 0.1) is 0 Å². The largest absolute Gasteiger partial charge is 0.366 e. The molecule has 6 heteroatoms. The van der Waals surface area contributed by atoms with E-state index in [1.54, 1.807) is 6.07 Å². The minimum absolute atomic E-state index is 0.307. The topological polar surface area (TPSA) is 75.1 Å². The van der Waals surface area contributed by atoms with Crippen LogP contribution in [0.4, 0.5) is 5.82 Å². The number of nitrogens with zero attached hydrogens (tertiary/aromatic N) is 3. The van der Waals surface area contributed by atoms with E-state index in [0.717, 1.165) is 5.92 Å². The lowest BCUT2D eigenvalue weighted by atomic mass is 10.1. The minimum atomic E-state index is -0.307. The SMILES string of the molecule is CC(CC1CC1)Nc1ccc2n[nH]c(=O)n2n1. The molecule has 0 amide bonds. The van der Waals surface area contributed by atoms with E-state index in [1.807, 2.05) is 6.07 Å². The Morgan fingerprint density at radius 2 is 2.41 bits per heavy atom. The zero-order valence-corrected chi connectivity index (χ0v) is 9.68. The fourth-order valence-electron chi connectivity index (χ4n) is 2.04. The highest BCUT2D eigenvalue weighted by Gasteiger charge is 2.23. The number of aromatic nitrogens is 4. The number of fused-ring (bicyclic) bond motifs is 1. The summed E-state index contributed by atoms with van der Waals surface area (Å²) in [6, 6.07) is 4.01. The Morgan fingerprint density at radius 1 is 1.59 bits per heavy atom. The van der Waals surface area contributed by atoms with E-state index >= 15 is 0 Å². The Bertz CT molecular complexity index is 583. The lowest BCUT2D eigenvalue weighted by Crippen LogP contribution is -2.19. The van der Waals surface area contributed by atoms with Gasteiger partial charge in [-0.2, -0.15) is 9.61 Å². The molecule has 2 aromatic heterocycles. The van der Waals surface area contributed by atoms with Gasteiger partial charge in [0.1, 0.15) is 5.82 Å². The van der Waals surface area contributed by atoms with Gasteiger partial charge in [-0.1, -0.05) is 12.8 Å².